The number of aromatic nitrogens is 1. The predicted octanol–water partition coefficient (Wildman–Crippen LogP) is 4.33. The minimum absolute atomic E-state index is 0.0212. The Morgan fingerprint density at radius 3 is 2.65 bits per heavy atom. The van der Waals surface area contributed by atoms with Gasteiger partial charge in [0.1, 0.15) is 17.9 Å². The molecule has 1 saturated carbocycles. The van der Waals surface area contributed by atoms with Crippen LogP contribution in [0.5, 0.6) is 0 Å². The standard InChI is InChI=1S/C31H28ClF2N5O4/c32-24-7-2-1-6-23(24)28(29(42)37-21-16-31(33,34)17-21)38(22-5-3-4-19(14-22)11-13-40)30(43)25-8-9-27(41)39(25)26-15-20(18-35)10-12-36-26/h1-7,10,12,14-15,21,25,28,40H,8-9,11,13,16-17H2,(H,37,42)/t25?,28-/m0/s1. The van der Waals surface area contributed by atoms with Crippen LogP contribution in [0.15, 0.2) is 66.9 Å². The summed E-state index contributed by atoms with van der Waals surface area (Å²) in [5.74, 6) is -4.50. The van der Waals surface area contributed by atoms with Crippen molar-refractivity contribution in [1.29, 1.82) is 5.26 Å². The van der Waals surface area contributed by atoms with Crippen LogP contribution in [0.4, 0.5) is 20.3 Å². The number of hydrogen-bond acceptors (Lipinski definition) is 6. The van der Waals surface area contributed by atoms with Crippen LogP contribution in [0.25, 0.3) is 0 Å². The van der Waals surface area contributed by atoms with Gasteiger partial charge in [0.05, 0.1) is 11.6 Å². The summed E-state index contributed by atoms with van der Waals surface area (Å²) in [6.45, 7) is -0.159. The third-order valence-electron chi connectivity index (χ3n) is 7.59. The van der Waals surface area contributed by atoms with Crippen LogP contribution in [0.3, 0.4) is 0 Å². The van der Waals surface area contributed by atoms with Crippen molar-refractivity contribution in [3.8, 4) is 6.07 Å². The molecule has 2 aliphatic rings. The zero-order valence-electron chi connectivity index (χ0n) is 22.9. The zero-order chi connectivity index (χ0) is 30.7. The van der Waals surface area contributed by atoms with Crippen LogP contribution in [0.2, 0.25) is 5.02 Å². The van der Waals surface area contributed by atoms with Crippen molar-refractivity contribution in [3.05, 3.63) is 88.6 Å². The molecule has 3 amide bonds. The smallest absolute Gasteiger partial charge is 0.252 e. The minimum atomic E-state index is -2.89. The van der Waals surface area contributed by atoms with E-state index in [0.29, 0.717) is 5.56 Å². The van der Waals surface area contributed by atoms with E-state index in [-0.39, 0.29) is 59.4 Å². The number of nitrogens with one attached hydrogen (secondary N) is 1. The molecule has 1 aliphatic heterocycles. The number of hydrogen-bond donors (Lipinski definition) is 2. The highest BCUT2D eigenvalue weighted by Crippen LogP contribution is 2.40. The molecule has 0 bridgehead atoms. The maximum Gasteiger partial charge on any atom is 0.252 e. The molecule has 2 N–H and O–H groups in total. The highest BCUT2D eigenvalue weighted by atomic mass is 35.5. The predicted molar refractivity (Wildman–Crippen MR) is 154 cm³/mol. The summed E-state index contributed by atoms with van der Waals surface area (Å²) in [7, 11) is 0. The molecule has 3 aromatic rings. The van der Waals surface area contributed by atoms with Gasteiger partial charge in [-0.05, 0) is 48.7 Å². The summed E-state index contributed by atoms with van der Waals surface area (Å²) in [4.78, 5) is 48.4. The number of aliphatic hydroxyl groups excluding tert-OH is 1. The fourth-order valence-corrected chi connectivity index (χ4v) is 5.76. The molecule has 1 aromatic heterocycles. The van der Waals surface area contributed by atoms with Gasteiger partial charge in [-0.2, -0.15) is 5.26 Å². The Hall–Kier alpha value is -4.40. The van der Waals surface area contributed by atoms with E-state index in [2.05, 4.69) is 10.3 Å². The van der Waals surface area contributed by atoms with Crippen LogP contribution in [0, 0.1) is 11.3 Å². The fourth-order valence-electron chi connectivity index (χ4n) is 5.52. The number of nitriles is 1. The van der Waals surface area contributed by atoms with Gasteiger partial charge in [0.2, 0.25) is 11.8 Å². The van der Waals surface area contributed by atoms with E-state index in [1.807, 2.05) is 6.07 Å². The number of rotatable bonds is 9. The first kappa shape index (κ1) is 30.1. The van der Waals surface area contributed by atoms with Crippen LogP contribution in [0.1, 0.15) is 48.4 Å². The molecule has 2 aromatic carbocycles. The number of halogens is 3. The lowest BCUT2D eigenvalue weighted by Gasteiger charge is -2.39. The molecule has 43 heavy (non-hydrogen) atoms. The highest BCUT2D eigenvalue weighted by Gasteiger charge is 2.48. The van der Waals surface area contributed by atoms with Crippen molar-refractivity contribution < 1.29 is 28.3 Å². The number of carbonyl (C=O) groups is 3. The number of anilines is 2. The van der Waals surface area contributed by atoms with Crippen LogP contribution >= 0.6 is 11.6 Å². The summed E-state index contributed by atoms with van der Waals surface area (Å²) in [5, 5.41) is 21.8. The van der Waals surface area contributed by atoms with Crippen LogP contribution < -0.4 is 15.1 Å². The van der Waals surface area contributed by atoms with E-state index in [9.17, 15) is 33.5 Å². The molecule has 1 saturated heterocycles. The summed E-state index contributed by atoms with van der Waals surface area (Å²) in [5.41, 5.74) is 1.47. The van der Waals surface area contributed by atoms with Crippen molar-refractivity contribution in [3.63, 3.8) is 0 Å². The molecular weight excluding hydrogens is 580 g/mol. The van der Waals surface area contributed by atoms with Gasteiger partial charge in [0.25, 0.3) is 11.8 Å². The van der Waals surface area contributed by atoms with Gasteiger partial charge in [0, 0.05) is 54.4 Å². The third-order valence-corrected chi connectivity index (χ3v) is 7.93. The van der Waals surface area contributed by atoms with E-state index in [4.69, 9.17) is 11.6 Å². The second-order valence-electron chi connectivity index (χ2n) is 10.6. The summed E-state index contributed by atoms with van der Waals surface area (Å²) >= 11 is 6.57. The Bertz CT molecular complexity index is 1590. The number of alkyl halides is 2. The van der Waals surface area contributed by atoms with Gasteiger partial charge in [-0.15, -0.1) is 0 Å². The van der Waals surface area contributed by atoms with Crippen molar-refractivity contribution >= 4 is 40.8 Å². The van der Waals surface area contributed by atoms with E-state index in [1.54, 1.807) is 48.5 Å². The average Bonchev–Trinajstić information content (AvgIpc) is 3.36. The molecule has 2 atom stereocenters. The van der Waals surface area contributed by atoms with E-state index < -0.39 is 48.7 Å². The van der Waals surface area contributed by atoms with E-state index >= 15 is 0 Å². The molecule has 0 spiro atoms. The van der Waals surface area contributed by atoms with Crippen LogP contribution in [-0.2, 0) is 20.8 Å². The molecule has 1 aliphatic carbocycles. The van der Waals surface area contributed by atoms with Gasteiger partial charge in [0.15, 0.2) is 0 Å². The number of carbonyl (C=O) groups excluding carboxylic acids is 3. The Balaban J connectivity index is 1.62. The zero-order valence-corrected chi connectivity index (χ0v) is 23.7. The Morgan fingerprint density at radius 2 is 1.95 bits per heavy atom. The first-order chi connectivity index (χ1) is 20.6. The summed E-state index contributed by atoms with van der Waals surface area (Å²) in [6, 6.07) is 14.7. The molecule has 1 unspecified atom stereocenters. The number of pyridine rings is 1. The number of aliphatic hydroxyl groups is 1. The quantitative estimate of drug-likeness (QED) is 0.373. The first-order valence-electron chi connectivity index (χ1n) is 13.8. The second kappa shape index (κ2) is 12.5. The Labute approximate surface area is 251 Å². The van der Waals surface area contributed by atoms with Crippen molar-refractivity contribution in [2.75, 3.05) is 16.4 Å². The Morgan fingerprint density at radius 1 is 1.19 bits per heavy atom. The normalized spacial score (nSPS) is 18.4. The molecular formula is C31H28ClF2N5O4. The lowest BCUT2D eigenvalue weighted by Crippen LogP contribution is -2.56. The number of nitrogens with zero attached hydrogens (tertiary/aromatic N) is 4. The molecule has 12 heteroatoms. The van der Waals surface area contributed by atoms with Crippen molar-refractivity contribution in [2.24, 2.45) is 0 Å². The van der Waals surface area contributed by atoms with Gasteiger partial charge in [-0.3, -0.25) is 24.2 Å². The maximum atomic E-state index is 14.6. The molecule has 222 valence electrons. The van der Waals surface area contributed by atoms with Gasteiger partial charge in [-0.1, -0.05) is 41.9 Å². The molecule has 0 radical (unpaired) electrons. The van der Waals surface area contributed by atoms with Gasteiger partial charge >= 0.3 is 0 Å². The molecule has 5 rings (SSSR count). The largest absolute Gasteiger partial charge is 0.396 e. The summed E-state index contributed by atoms with van der Waals surface area (Å²) < 4.78 is 27.3. The fraction of sp³-hybridized carbons (Fsp3) is 0.323. The molecule has 9 nitrogen and oxygen atoms in total. The van der Waals surface area contributed by atoms with E-state index in [0.717, 1.165) is 0 Å². The summed E-state index contributed by atoms with van der Waals surface area (Å²) in [6.07, 6.45) is 0.710. The lowest BCUT2D eigenvalue weighted by atomic mass is 9.87. The monoisotopic (exact) mass is 607 g/mol. The molecule has 2 heterocycles. The van der Waals surface area contributed by atoms with Gasteiger partial charge in [-0.25, -0.2) is 13.8 Å². The Kier molecular flexibility index (Phi) is 8.71. The SMILES string of the molecule is N#Cc1ccnc(N2C(=O)CCC2C(=O)N(c2cccc(CCO)c2)[C@H](C(=O)NC2CC(F)(F)C2)c2ccccc2Cl)c1. The first-order valence-corrected chi connectivity index (χ1v) is 14.1. The lowest BCUT2D eigenvalue weighted by molar-refractivity contribution is -0.133. The molecule has 2 fully saturated rings. The third kappa shape index (κ3) is 6.35. The minimum Gasteiger partial charge on any atom is -0.396 e. The topological polar surface area (TPSA) is 127 Å². The highest BCUT2D eigenvalue weighted by molar-refractivity contribution is 6.31. The number of benzene rings is 2. The maximum absolute atomic E-state index is 14.6. The van der Waals surface area contributed by atoms with Gasteiger partial charge < -0.3 is 10.4 Å². The average molecular weight is 608 g/mol. The van der Waals surface area contributed by atoms with E-state index in [1.165, 1.54) is 28.1 Å². The van der Waals surface area contributed by atoms with Crippen molar-refractivity contribution in [1.82, 2.24) is 10.3 Å². The number of amides is 3. The van der Waals surface area contributed by atoms with Crippen molar-refractivity contribution in [2.45, 2.75) is 56.2 Å². The second-order valence-corrected chi connectivity index (χ2v) is 11.0. The van der Waals surface area contributed by atoms with Crippen LogP contribution in [-0.4, -0.2) is 52.4 Å².